The van der Waals surface area contributed by atoms with Crippen LogP contribution in [-0.4, -0.2) is 18.9 Å². The third kappa shape index (κ3) is 4.16. The van der Waals surface area contributed by atoms with Gasteiger partial charge >= 0.3 is 13.3 Å². The maximum absolute atomic E-state index is 14.0. The molecule has 0 saturated carbocycles. The monoisotopic (exact) mass is 270 g/mol. The van der Waals surface area contributed by atoms with E-state index in [1.807, 2.05) is 6.92 Å². The Morgan fingerprint density at radius 1 is 1.24 bits per heavy atom. The van der Waals surface area contributed by atoms with E-state index in [9.17, 15) is 13.3 Å². The van der Waals surface area contributed by atoms with Gasteiger partial charge in [0.1, 0.15) is 0 Å². The number of unbranched alkanes of at least 4 members (excludes halogenated alkanes) is 1. The summed E-state index contributed by atoms with van der Waals surface area (Å²) in [6, 6.07) is 0. The van der Waals surface area contributed by atoms with Crippen LogP contribution in [0.1, 0.15) is 40.0 Å². The summed E-state index contributed by atoms with van der Waals surface area (Å²) in [6.07, 6.45) is 1.46. The van der Waals surface area contributed by atoms with Crippen LogP contribution in [0.3, 0.4) is 0 Å². The summed E-state index contributed by atoms with van der Waals surface area (Å²) in [6.45, 7) is 8.01. The van der Waals surface area contributed by atoms with Crippen LogP contribution in [0.2, 0.25) is 0 Å². The van der Waals surface area contributed by atoms with Crippen molar-refractivity contribution < 1.29 is 22.4 Å². The van der Waals surface area contributed by atoms with Crippen LogP contribution in [-0.2, 0) is 13.6 Å². The summed E-state index contributed by atoms with van der Waals surface area (Å²) in [5, 5.41) is 0. The highest BCUT2D eigenvalue weighted by molar-refractivity contribution is 7.55. The molecule has 0 aromatic rings. The number of alkyl halides is 2. The van der Waals surface area contributed by atoms with E-state index in [1.165, 1.54) is 13.8 Å². The van der Waals surface area contributed by atoms with E-state index in [1.54, 1.807) is 0 Å². The maximum atomic E-state index is 14.0. The van der Waals surface area contributed by atoms with Crippen molar-refractivity contribution in [2.45, 2.75) is 45.7 Å². The molecule has 102 valence electrons. The number of halogens is 2. The van der Waals surface area contributed by atoms with Crippen LogP contribution < -0.4 is 0 Å². The van der Waals surface area contributed by atoms with E-state index in [2.05, 4.69) is 15.6 Å². The molecule has 0 saturated heterocycles. The zero-order valence-corrected chi connectivity index (χ0v) is 11.6. The van der Waals surface area contributed by atoms with Gasteiger partial charge in [-0.15, -0.1) is 0 Å². The molecule has 0 N–H and O–H groups in total. The van der Waals surface area contributed by atoms with E-state index in [4.69, 9.17) is 0 Å². The molecule has 0 fully saturated rings. The minimum atomic E-state index is -4.45. The van der Waals surface area contributed by atoms with Crippen molar-refractivity contribution in [1.82, 2.24) is 0 Å². The number of rotatable bonds is 9. The van der Waals surface area contributed by atoms with Crippen LogP contribution in [0, 0.1) is 0 Å². The Morgan fingerprint density at radius 2 is 1.71 bits per heavy atom. The van der Waals surface area contributed by atoms with Crippen molar-refractivity contribution in [3.63, 3.8) is 0 Å². The molecule has 0 aromatic carbocycles. The van der Waals surface area contributed by atoms with Crippen molar-refractivity contribution in [2.24, 2.45) is 0 Å². The van der Waals surface area contributed by atoms with Crippen LogP contribution in [0.15, 0.2) is 12.2 Å². The molecule has 0 aliphatic carbocycles. The lowest BCUT2D eigenvalue weighted by Gasteiger charge is -2.27. The third-order valence-electron chi connectivity index (χ3n) is 2.20. The Hall–Kier alpha value is -0.250. The highest BCUT2D eigenvalue weighted by Gasteiger charge is 2.54. The second-order valence-corrected chi connectivity index (χ2v) is 5.65. The lowest BCUT2D eigenvalue weighted by Crippen LogP contribution is -2.22. The molecule has 0 spiro atoms. The largest absolute Gasteiger partial charge is 0.404 e. The second-order valence-electron chi connectivity index (χ2n) is 3.58. The summed E-state index contributed by atoms with van der Waals surface area (Å²) >= 11 is 0. The first kappa shape index (κ1) is 16.8. The molecule has 0 radical (unpaired) electrons. The van der Waals surface area contributed by atoms with Crippen molar-refractivity contribution in [3.05, 3.63) is 12.2 Å². The summed E-state index contributed by atoms with van der Waals surface area (Å²) < 4.78 is 49.2. The molecule has 0 aliphatic heterocycles. The van der Waals surface area contributed by atoms with Crippen molar-refractivity contribution in [2.75, 3.05) is 13.2 Å². The number of hydrogen-bond donors (Lipinski definition) is 0. The zero-order chi connectivity index (χ0) is 13.5. The summed E-state index contributed by atoms with van der Waals surface area (Å²) in [5.74, 6) is 0. The molecule has 0 bridgehead atoms. The van der Waals surface area contributed by atoms with E-state index in [-0.39, 0.29) is 25.2 Å². The minimum absolute atomic E-state index is 0.0894. The first-order valence-corrected chi connectivity index (χ1v) is 7.35. The predicted octanol–water partition coefficient (Wildman–Crippen LogP) is 4.59. The molecule has 0 rings (SSSR count). The quantitative estimate of drug-likeness (QED) is 0.454. The Kier molecular flexibility index (Phi) is 7.14. The molecule has 3 nitrogen and oxygen atoms in total. The van der Waals surface area contributed by atoms with Gasteiger partial charge in [0.05, 0.1) is 13.2 Å². The van der Waals surface area contributed by atoms with Gasteiger partial charge in [0.2, 0.25) is 0 Å². The maximum Gasteiger partial charge on any atom is 0.404 e. The van der Waals surface area contributed by atoms with Gasteiger partial charge in [-0.2, -0.15) is 8.78 Å². The van der Waals surface area contributed by atoms with Crippen molar-refractivity contribution in [3.8, 4) is 0 Å². The first-order valence-electron chi connectivity index (χ1n) is 5.81. The molecule has 0 aromatic heterocycles. The normalized spacial score (nSPS) is 12.8. The van der Waals surface area contributed by atoms with Crippen LogP contribution in [0.4, 0.5) is 8.78 Å². The summed E-state index contributed by atoms with van der Waals surface area (Å²) in [7, 11) is -4.45. The molecular formula is C11H21F2O3P. The average Bonchev–Trinajstić information content (AvgIpc) is 2.26. The average molecular weight is 270 g/mol. The standard InChI is InChI=1S/C11H21F2O3P/c1-5-8-9-10(4)11(12,13)17(14,15-6-2)16-7-3/h4-9H2,1-3H3. The smallest absolute Gasteiger partial charge is 0.304 e. The minimum Gasteiger partial charge on any atom is -0.304 e. The van der Waals surface area contributed by atoms with Gasteiger partial charge in [0.15, 0.2) is 0 Å². The van der Waals surface area contributed by atoms with Crippen LogP contribution >= 0.6 is 7.60 Å². The summed E-state index contributed by atoms with van der Waals surface area (Å²) in [4.78, 5) is 0. The Labute approximate surface area is 102 Å². The second kappa shape index (κ2) is 7.24. The molecule has 0 unspecified atom stereocenters. The molecule has 0 atom stereocenters. The van der Waals surface area contributed by atoms with Gasteiger partial charge in [-0.05, 0) is 26.7 Å². The van der Waals surface area contributed by atoms with E-state index < -0.39 is 13.3 Å². The Morgan fingerprint density at radius 3 is 2.06 bits per heavy atom. The highest BCUT2D eigenvalue weighted by Crippen LogP contribution is 2.64. The fourth-order valence-corrected chi connectivity index (χ4v) is 2.85. The van der Waals surface area contributed by atoms with Crippen molar-refractivity contribution in [1.29, 1.82) is 0 Å². The SMILES string of the molecule is C=C(CCCC)C(F)(F)P(=O)(OCC)OCC. The molecule has 0 aliphatic rings. The fourth-order valence-electron chi connectivity index (χ4n) is 1.27. The Bertz CT molecular complexity index is 282. The van der Waals surface area contributed by atoms with Gasteiger partial charge in [-0.25, -0.2) is 0 Å². The van der Waals surface area contributed by atoms with E-state index in [0.717, 1.165) is 6.42 Å². The molecule has 0 amide bonds. The lowest BCUT2D eigenvalue weighted by atomic mass is 10.1. The lowest BCUT2D eigenvalue weighted by molar-refractivity contribution is 0.0671. The molecule has 17 heavy (non-hydrogen) atoms. The fraction of sp³-hybridized carbons (Fsp3) is 0.818. The highest BCUT2D eigenvalue weighted by atomic mass is 31.2. The topological polar surface area (TPSA) is 35.5 Å². The Balaban J connectivity index is 4.93. The van der Waals surface area contributed by atoms with Gasteiger partial charge in [0, 0.05) is 5.57 Å². The number of hydrogen-bond acceptors (Lipinski definition) is 3. The zero-order valence-electron chi connectivity index (χ0n) is 10.7. The van der Waals surface area contributed by atoms with Gasteiger partial charge < -0.3 is 9.05 Å². The molecule has 0 heterocycles. The van der Waals surface area contributed by atoms with Crippen LogP contribution in [0.5, 0.6) is 0 Å². The molecular weight excluding hydrogens is 249 g/mol. The van der Waals surface area contributed by atoms with E-state index >= 15 is 0 Å². The first-order chi connectivity index (χ1) is 7.85. The third-order valence-corrected chi connectivity index (χ3v) is 4.40. The van der Waals surface area contributed by atoms with Crippen molar-refractivity contribution >= 4 is 7.60 Å². The van der Waals surface area contributed by atoms with E-state index in [0.29, 0.717) is 6.42 Å². The predicted molar refractivity (Wildman–Crippen MR) is 64.5 cm³/mol. The van der Waals surface area contributed by atoms with Gasteiger partial charge in [0.25, 0.3) is 0 Å². The number of allylic oxidation sites excluding steroid dienone is 1. The molecule has 6 heteroatoms. The van der Waals surface area contributed by atoms with Gasteiger partial charge in [-0.3, -0.25) is 4.57 Å². The van der Waals surface area contributed by atoms with Gasteiger partial charge in [-0.1, -0.05) is 19.9 Å². The summed E-state index contributed by atoms with van der Waals surface area (Å²) in [5.41, 5.74) is -4.00. The van der Waals surface area contributed by atoms with Crippen LogP contribution in [0.25, 0.3) is 0 Å².